The van der Waals surface area contributed by atoms with E-state index in [0.717, 1.165) is 48.2 Å². The van der Waals surface area contributed by atoms with Gasteiger partial charge in [0.1, 0.15) is 11.5 Å². The van der Waals surface area contributed by atoms with Crippen molar-refractivity contribution in [1.82, 2.24) is 10.6 Å². The number of nitrogens with one attached hydrogen (secondary N) is 2. The lowest BCUT2D eigenvalue weighted by atomic mass is 10.1. The van der Waals surface area contributed by atoms with Gasteiger partial charge in [-0.3, -0.25) is 4.99 Å². The fraction of sp³-hybridized carbons (Fsp3) is 0.458. The highest BCUT2D eigenvalue weighted by Crippen LogP contribution is 2.23. The van der Waals surface area contributed by atoms with Crippen LogP contribution in [0.2, 0.25) is 0 Å². The summed E-state index contributed by atoms with van der Waals surface area (Å²) < 4.78 is 17.3. The fourth-order valence-electron chi connectivity index (χ4n) is 3.39. The molecule has 1 heterocycles. The number of nitrogens with zero attached hydrogens (tertiary/aromatic N) is 1. The van der Waals surface area contributed by atoms with Gasteiger partial charge >= 0.3 is 0 Å². The number of aliphatic imine (C=N–C) groups is 1. The van der Waals surface area contributed by atoms with Crippen molar-refractivity contribution in [2.75, 3.05) is 33.5 Å². The second-order valence-electron chi connectivity index (χ2n) is 7.47. The Hall–Kier alpha value is -2.00. The van der Waals surface area contributed by atoms with Crippen molar-refractivity contribution >= 4 is 29.9 Å². The molecule has 0 spiro atoms. The van der Waals surface area contributed by atoms with Crippen molar-refractivity contribution in [1.29, 1.82) is 0 Å². The molecule has 3 rings (SSSR count). The van der Waals surface area contributed by atoms with Crippen LogP contribution in [0.1, 0.15) is 30.0 Å². The van der Waals surface area contributed by atoms with Gasteiger partial charge in [0.2, 0.25) is 0 Å². The minimum atomic E-state index is 0. The van der Waals surface area contributed by atoms with Crippen molar-refractivity contribution in [2.24, 2.45) is 10.9 Å². The van der Waals surface area contributed by atoms with Gasteiger partial charge in [0.25, 0.3) is 0 Å². The van der Waals surface area contributed by atoms with Gasteiger partial charge in [0, 0.05) is 43.8 Å². The molecule has 0 amide bonds. The predicted octanol–water partition coefficient (Wildman–Crippen LogP) is 4.29. The summed E-state index contributed by atoms with van der Waals surface area (Å²) in [5.41, 5.74) is 3.39. The molecule has 31 heavy (non-hydrogen) atoms. The van der Waals surface area contributed by atoms with E-state index in [4.69, 9.17) is 14.2 Å². The Morgan fingerprint density at radius 2 is 1.81 bits per heavy atom. The highest BCUT2D eigenvalue weighted by atomic mass is 127. The number of guanidine groups is 1. The van der Waals surface area contributed by atoms with E-state index in [1.807, 2.05) is 25.1 Å². The molecular formula is C24H34IN3O3. The molecule has 1 saturated heterocycles. The molecule has 0 radical (unpaired) electrons. The second kappa shape index (κ2) is 13.4. The van der Waals surface area contributed by atoms with Crippen LogP contribution in [-0.2, 0) is 17.8 Å². The van der Waals surface area contributed by atoms with Crippen LogP contribution in [0, 0.1) is 12.8 Å². The Labute approximate surface area is 202 Å². The molecular weight excluding hydrogens is 505 g/mol. The van der Waals surface area contributed by atoms with Crippen molar-refractivity contribution in [3.8, 4) is 11.5 Å². The number of rotatable bonds is 9. The molecule has 0 saturated carbocycles. The third kappa shape index (κ3) is 7.88. The summed E-state index contributed by atoms with van der Waals surface area (Å²) in [5, 5.41) is 6.75. The van der Waals surface area contributed by atoms with E-state index >= 15 is 0 Å². The zero-order chi connectivity index (χ0) is 21.2. The Morgan fingerprint density at radius 1 is 1.06 bits per heavy atom. The first kappa shape index (κ1) is 25.3. The molecule has 0 aromatic heterocycles. The molecule has 6 nitrogen and oxygen atoms in total. The summed E-state index contributed by atoms with van der Waals surface area (Å²) in [6.07, 6.45) is 1.07. The van der Waals surface area contributed by atoms with Gasteiger partial charge in [-0.25, -0.2) is 0 Å². The maximum atomic E-state index is 6.14. The van der Waals surface area contributed by atoms with Crippen molar-refractivity contribution in [2.45, 2.75) is 33.4 Å². The Balaban J connectivity index is 0.00000341. The standard InChI is InChI=1S/C24H33N3O3.HI/c1-4-29-22-8-6-5-7-20(22)14-26-24(25-3)27-15-21-10-9-18(2)13-23(21)30-17-19-11-12-28-16-19;/h5-10,13,19H,4,11-12,14-17H2,1-3H3,(H2,25,26,27);1H. The van der Waals surface area contributed by atoms with E-state index in [1.165, 1.54) is 5.56 Å². The SMILES string of the molecule is CCOc1ccccc1CNC(=NC)NCc1ccc(C)cc1OCC1CCOC1.I. The molecule has 2 aromatic carbocycles. The molecule has 2 N–H and O–H groups in total. The van der Waals surface area contributed by atoms with Crippen LogP contribution in [0.4, 0.5) is 0 Å². The average molecular weight is 539 g/mol. The Morgan fingerprint density at radius 3 is 2.48 bits per heavy atom. The van der Waals surface area contributed by atoms with Crippen LogP contribution in [0.15, 0.2) is 47.5 Å². The lowest BCUT2D eigenvalue weighted by molar-refractivity contribution is 0.166. The molecule has 0 bridgehead atoms. The predicted molar refractivity (Wildman–Crippen MR) is 136 cm³/mol. The van der Waals surface area contributed by atoms with Crippen LogP contribution < -0.4 is 20.1 Å². The highest BCUT2D eigenvalue weighted by Gasteiger charge is 2.17. The van der Waals surface area contributed by atoms with Gasteiger partial charge in [-0.15, -0.1) is 24.0 Å². The molecule has 1 unspecified atom stereocenters. The number of hydrogen-bond acceptors (Lipinski definition) is 4. The summed E-state index contributed by atoms with van der Waals surface area (Å²) in [4.78, 5) is 4.35. The van der Waals surface area contributed by atoms with Gasteiger partial charge in [0.05, 0.1) is 19.8 Å². The van der Waals surface area contributed by atoms with Gasteiger partial charge in [-0.2, -0.15) is 0 Å². The van der Waals surface area contributed by atoms with Gasteiger partial charge in [0.15, 0.2) is 5.96 Å². The highest BCUT2D eigenvalue weighted by molar-refractivity contribution is 14.0. The van der Waals surface area contributed by atoms with Gasteiger partial charge < -0.3 is 24.8 Å². The van der Waals surface area contributed by atoms with Gasteiger partial charge in [-0.05, 0) is 38.0 Å². The summed E-state index contributed by atoms with van der Waals surface area (Å²) in [6, 6.07) is 14.4. The molecule has 1 aliphatic heterocycles. The van der Waals surface area contributed by atoms with Crippen molar-refractivity contribution in [3.05, 3.63) is 59.2 Å². The van der Waals surface area contributed by atoms with Crippen LogP contribution >= 0.6 is 24.0 Å². The third-order valence-electron chi connectivity index (χ3n) is 5.11. The van der Waals surface area contributed by atoms with Crippen LogP contribution in [0.25, 0.3) is 0 Å². The number of aryl methyl sites for hydroxylation is 1. The van der Waals surface area contributed by atoms with Crippen molar-refractivity contribution < 1.29 is 14.2 Å². The second-order valence-corrected chi connectivity index (χ2v) is 7.47. The first-order chi connectivity index (χ1) is 14.7. The molecule has 7 heteroatoms. The maximum Gasteiger partial charge on any atom is 0.191 e. The topological polar surface area (TPSA) is 64.1 Å². The molecule has 1 aliphatic rings. The zero-order valence-electron chi connectivity index (χ0n) is 18.6. The number of benzene rings is 2. The lowest BCUT2D eigenvalue weighted by Gasteiger charge is -2.17. The fourth-order valence-corrected chi connectivity index (χ4v) is 3.39. The Kier molecular flexibility index (Phi) is 10.9. The smallest absolute Gasteiger partial charge is 0.191 e. The number of hydrogen-bond donors (Lipinski definition) is 2. The molecule has 1 atom stereocenters. The maximum absolute atomic E-state index is 6.14. The first-order valence-corrected chi connectivity index (χ1v) is 10.6. The minimum Gasteiger partial charge on any atom is -0.494 e. The largest absolute Gasteiger partial charge is 0.494 e. The third-order valence-corrected chi connectivity index (χ3v) is 5.11. The first-order valence-electron chi connectivity index (χ1n) is 10.6. The van der Waals surface area contributed by atoms with E-state index in [-0.39, 0.29) is 24.0 Å². The number of halogens is 1. The summed E-state index contributed by atoms with van der Waals surface area (Å²) >= 11 is 0. The summed E-state index contributed by atoms with van der Waals surface area (Å²) in [7, 11) is 1.77. The van der Waals surface area contributed by atoms with E-state index in [0.29, 0.717) is 32.2 Å². The van der Waals surface area contributed by atoms with E-state index in [2.05, 4.69) is 46.8 Å². The summed E-state index contributed by atoms with van der Waals surface area (Å²) in [5.74, 6) is 3.03. The van der Waals surface area contributed by atoms with Gasteiger partial charge in [-0.1, -0.05) is 30.3 Å². The average Bonchev–Trinajstić information content (AvgIpc) is 3.28. The van der Waals surface area contributed by atoms with Crippen LogP contribution in [-0.4, -0.2) is 39.4 Å². The van der Waals surface area contributed by atoms with Crippen LogP contribution in [0.5, 0.6) is 11.5 Å². The Bertz CT molecular complexity index is 839. The van der Waals surface area contributed by atoms with Crippen LogP contribution in [0.3, 0.4) is 0 Å². The normalized spacial score (nSPS) is 15.8. The molecule has 170 valence electrons. The number of para-hydroxylation sites is 1. The lowest BCUT2D eigenvalue weighted by Crippen LogP contribution is -2.36. The minimum absolute atomic E-state index is 0. The van der Waals surface area contributed by atoms with E-state index in [1.54, 1.807) is 7.05 Å². The quantitative estimate of drug-likeness (QED) is 0.283. The molecule has 1 fully saturated rings. The molecule has 0 aliphatic carbocycles. The van der Waals surface area contributed by atoms with E-state index < -0.39 is 0 Å². The summed E-state index contributed by atoms with van der Waals surface area (Å²) in [6.45, 7) is 8.30. The van der Waals surface area contributed by atoms with Crippen molar-refractivity contribution in [3.63, 3.8) is 0 Å². The monoisotopic (exact) mass is 539 g/mol. The van der Waals surface area contributed by atoms with E-state index in [9.17, 15) is 0 Å². The zero-order valence-corrected chi connectivity index (χ0v) is 21.0. The molecule has 2 aromatic rings. The number of ether oxygens (including phenoxy) is 3.